The van der Waals surface area contributed by atoms with Crippen molar-refractivity contribution in [3.8, 4) is 0 Å². The number of amides is 1. The van der Waals surface area contributed by atoms with Crippen LogP contribution in [0.5, 0.6) is 0 Å². The highest BCUT2D eigenvalue weighted by Gasteiger charge is 2.41. The summed E-state index contributed by atoms with van der Waals surface area (Å²) < 4.78 is 43.8. The van der Waals surface area contributed by atoms with Crippen molar-refractivity contribution >= 4 is 28.9 Å². The summed E-state index contributed by atoms with van der Waals surface area (Å²) in [6.07, 6.45) is -5.08. The molecule has 1 aromatic heterocycles. The van der Waals surface area contributed by atoms with Crippen molar-refractivity contribution in [2.24, 2.45) is 0 Å². The third kappa shape index (κ3) is 5.02. The summed E-state index contributed by atoms with van der Waals surface area (Å²) in [5, 5.41) is 11.1. The Morgan fingerprint density at radius 3 is 2.32 bits per heavy atom. The molecule has 2 rings (SSSR count). The topological polar surface area (TPSA) is 97.6 Å². The number of hydrogen-bond donors (Lipinski definition) is 2. The molecule has 2 N–H and O–H groups in total. The van der Waals surface area contributed by atoms with E-state index in [1.807, 2.05) is 0 Å². The van der Waals surface area contributed by atoms with Crippen molar-refractivity contribution in [3.05, 3.63) is 36.0 Å². The summed E-state index contributed by atoms with van der Waals surface area (Å²) in [5.74, 6) is -3.98. The van der Waals surface area contributed by atoms with Crippen LogP contribution in [-0.4, -0.2) is 45.5 Å². The van der Waals surface area contributed by atoms with Crippen molar-refractivity contribution in [3.63, 3.8) is 0 Å². The van der Waals surface area contributed by atoms with Crippen LogP contribution >= 0.6 is 0 Å². The zero-order chi connectivity index (χ0) is 21.3. The Hall–Kier alpha value is -3.04. The molecule has 152 valence electrons. The van der Waals surface area contributed by atoms with E-state index in [2.05, 4.69) is 0 Å². The maximum Gasteiger partial charge on any atom is 0.471 e. The van der Waals surface area contributed by atoms with E-state index in [9.17, 15) is 32.7 Å². The van der Waals surface area contributed by atoms with Gasteiger partial charge in [0.15, 0.2) is 0 Å². The molecule has 1 atom stereocenters. The van der Waals surface area contributed by atoms with Crippen molar-refractivity contribution in [2.75, 3.05) is 0 Å². The highest BCUT2D eigenvalue weighted by Crippen LogP contribution is 2.24. The predicted octanol–water partition coefficient (Wildman–Crippen LogP) is 3.10. The molecule has 28 heavy (non-hydrogen) atoms. The van der Waals surface area contributed by atoms with Crippen molar-refractivity contribution in [1.82, 2.24) is 9.88 Å². The zero-order valence-electron chi connectivity index (χ0n) is 15.3. The van der Waals surface area contributed by atoms with Crippen LogP contribution in [0.25, 0.3) is 10.9 Å². The van der Waals surface area contributed by atoms with Gasteiger partial charge >= 0.3 is 24.1 Å². The molecule has 2 aromatic rings. The molecular weight excluding hydrogens is 381 g/mol. The summed E-state index contributed by atoms with van der Waals surface area (Å²) >= 11 is 0. The molecule has 1 heterocycles. The molecule has 1 aromatic carbocycles. The first kappa shape index (κ1) is 21.3. The minimum absolute atomic E-state index is 0.274. The van der Waals surface area contributed by atoms with Crippen LogP contribution in [0.1, 0.15) is 26.3 Å². The third-order valence-corrected chi connectivity index (χ3v) is 3.67. The molecule has 0 aliphatic heterocycles. The monoisotopic (exact) mass is 400 g/mol. The minimum Gasteiger partial charge on any atom is -0.480 e. The SMILES string of the molecule is CC(C)(C)OC(=O)n1cc(C[C@H](NC(=O)C(F)(F)F)C(=O)O)c2ccccc21. The largest absolute Gasteiger partial charge is 0.480 e. The second-order valence-corrected chi connectivity index (χ2v) is 7.09. The van der Waals surface area contributed by atoms with Gasteiger partial charge in [-0.15, -0.1) is 0 Å². The number of nitrogens with one attached hydrogen (secondary N) is 1. The maximum absolute atomic E-state index is 12.5. The normalized spacial score (nSPS) is 13.2. The summed E-state index contributed by atoms with van der Waals surface area (Å²) in [4.78, 5) is 34.9. The molecule has 0 unspecified atom stereocenters. The highest BCUT2D eigenvalue weighted by atomic mass is 19.4. The number of hydrogen-bond acceptors (Lipinski definition) is 4. The molecule has 0 saturated carbocycles. The van der Waals surface area contributed by atoms with Crippen molar-refractivity contribution in [1.29, 1.82) is 0 Å². The van der Waals surface area contributed by atoms with Crippen LogP contribution in [0.15, 0.2) is 30.5 Å². The van der Waals surface area contributed by atoms with Gasteiger partial charge < -0.3 is 15.2 Å². The number of alkyl halides is 3. The molecule has 0 radical (unpaired) electrons. The van der Waals surface area contributed by atoms with E-state index in [0.717, 1.165) is 4.57 Å². The minimum atomic E-state index is -5.21. The number of fused-ring (bicyclic) bond motifs is 1. The van der Waals surface area contributed by atoms with E-state index in [1.54, 1.807) is 45.0 Å². The molecule has 0 aliphatic rings. The standard InChI is InChI=1S/C18H19F3N2O5/c1-17(2,3)28-16(27)23-9-10(11-6-4-5-7-13(11)23)8-12(14(24)25)22-15(26)18(19,20)21/h4-7,9,12H,8H2,1-3H3,(H,22,26)(H,24,25)/t12-/m0/s1. The molecule has 0 spiro atoms. The van der Waals surface area contributed by atoms with Gasteiger partial charge in [0.05, 0.1) is 5.52 Å². The number of carbonyl (C=O) groups is 3. The summed E-state index contributed by atoms with van der Waals surface area (Å²) in [6, 6.07) is 4.64. The number of benzene rings is 1. The van der Waals surface area contributed by atoms with E-state index in [0.29, 0.717) is 10.9 Å². The lowest BCUT2D eigenvalue weighted by Crippen LogP contribution is -2.47. The quantitative estimate of drug-likeness (QED) is 0.822. The fraction of sp³-hybridized carbons (Fsp3) is 0.389. The molecule has 10 heteroatoms. The van der Waals surface area contributed by atoms with Crippen LogP contribution in [0, 0.1) is 0 Å². The van der Waals surface area contributed by atoms with Crippen LogP contribution < -0.4 is 5.32 Å². The number of carboxylic acid groups (broad SMARTS) is 1. The maximum atomic E-state index is 12.5. The van der Waals surface area contributed by atoms with Gasteiger partial charge in [-0.3, -0.25) is 9.36 Å². The first-order valence-corrected chi connectivity index (χ1v) is 8.22. The Bertz CT molecular complexity index is 912. The predicted molar refractivity (Wildman–Crippen MR) is 92.9 cm³/mol. The van der Waals surface area contributed by atoms with E-state index >= 15 is 0 Å². The number of carbonyl (C=O) groups excluding carboxylic acids is 2. The molecule has 0 fully saturated rings. The summed E-state index contributed by atoms with van der Waals surface area (Å²) in [7, 11) is 0. The molecule has 0 saturated heterocycles. The lowest BCUT2D eigenvalue weighted by Gasteiger charge is -2.19. The average Bonchev–Trinajstić information content (AvgIpc) is 2.90. The fourth-order valence-corrected chi connectivity index (χ4v) is 2.54. The molecular formula is C18H19F3N2O5. The lowest BCUT2D eigenvalue weighted by molar-refractivity contribution is -0.175. The second kappa shape index (κ2) is 7.53. The van der Waals surface area contributed by atoms with Gasteiger partial charge in [-0.2, -0.15) is 13.2 Å². The Balaban J connectivity index is 2.39. The van der Waals surface area contributed by atoms with Crippen molar-refractivity contribution in [2.45, 2.75) is 45.0 Å². The van der Waals surface area contributed by atoms with Gasteiger partial charge in [0.25, 0.3) is 0 Å². The van der Waals surface area contributed by atoms with Gasteiger partial charge in [-0.1, -0.05) is 18.2 Å². The number of aliphatic carboxylic acids is 1. The Labute approximate surface area is 158 Å². The lowest BCUT2D eigenvalue weighted by atomic mass is 10.0. The number of aromatic nitrogens is 1. The van der Waals surface area contributed by atoms with E-state index in [4.69, 9.17) is 4.74 Å². The number of ether oxygens (including phenoxy) is 1. The number of rotatable bonds is 4. The number of halogens is 3. The van der Waals surface area contributed by atoms with Gasteiger partial charge in [0, 0.05) is 18.0 Å². The van der Waals surface area contributed by atoms with Crippen molar-refractivity contribution < 1.29 is 37.4 Å². The van der Waals surface area contributed by atoms with E-state index in [-0.39, 0.29) is 5.56 Å². The fourth-order valence-electron chi connectivity index (χ4n) is 2.54. The highest BCUT2D eigenvalue weighted by molar-refractivity contribution is 5.93. The van der Waals surface area contributed by atoms with Crippen LogP contribution in [0.2, 0.25) is 0 Å². The Morgan fingerprint density at radius 2 is 1.79 bits per heavy atom. The molecule has 0 bridgehead atoms. The molecule has 7 nitrogen and oxygen atoms in total. The first-order chi connectivity index (χ1) is 12.8. The molecule has 1 amide bonds. The zero-order valence-corrected chi connectivity index (χ0v) is 15.3. The second-order valence-electron chi connectivity index (χ2n) is 7.09. The number of para-hydroxylation sites is 1. The Kier molecular flexibility index (Phi) is 5.72. The molecule has 0 aliphatic carbocycles. The smallest absolute Gasteiger partial charge is 0.471 e. The number of carboxylic acids is 1. The van der Waals surface area contributed by atoms with Gasteiger partial charge in [-0.25, -0.2) is 9.59 Å². The number of nitrogens with zero attached hydrogens (tertiary/aromatic N) is 1. The first-order valence-electron chi connectivity index (χ1n) is 8.22. The third-order valence-electron chi connectivity index (χ3n) is 3.67. The van der Waals surface area contributed by atoms with Gasteiger partial charge in [-0.05, 0) is 32.4 Å². The summed E-state index contributed by atoms with van der Waals surface area (Å²) in [6.45, 7) is 5.01. The van der Waals surface area contributed by atoms with Gasteiger partial charge in [0.2, 0.25) is 0 Å². The average molecular weight is 400 g/mol. The van der Waals surface area contributed by atoms with E-state index < -0.39 is 42.2 Å². The van der Waals surface area contributed by atoms with Crippen LogP contribution in [0.3, 0.4) is 0 Å². The van der Waals surface area contributed by atoms with E-state index in [1.165, 1.54) is 11.5 Å². The van der Waals surface area contributed by atoms with Crippen LogP contribution in [-0.2, 0) is 20.7 Å². The van der Waals surface area contributed by atoms with Crippen LogP contribution in [0.4, 0.5) is 18.0 Å². The summed E-state index contributed by atoms with van der Waals surface area (Å²) in [5.41, 5.74) is -0.109. The van der Waals surface area contributed by atoms with Gasteiger partial charge in [0.1, 0.15) is 11.6 Å². The Morgan fingerprint density at radius 1 is 1.18 bits per heavy atom.